The highest BCUT2D eigenvalue weighted by Gasteiger charge is 2.31. The van der Waals surface area contributed by atoms with Crippen LogP contribution in [-0.4, -0.2) is 24.9 Å². The van der Waals surface area contributed by atoms with E-state index in [0.717, 1.165) is 0 Å². The summed E-state index contributed by atoms with van der Waals surface area (Å²) in [4.78, 5) is 25.1. The number of aromatic nitrogens is 2. The highest BCUT2D eigenvalue weighted by Crippen LogP contribution is 2.30. The molecule has 0 saturated carbocycles. The Morgan fingerprint density at radius 2 is 2.29 bits per heavy atom. The number of ether oxygens (including phenoxy) is 1. The van der Waals surface area contributed by atoms with E-state index in [2.05, 4.69) is 4.98 Å². The number of nitrogens with zero attached hydrogens (tertiary/aromatic N) is 1. The zero-order valence-electron chi connectivity index (χ0n) is 9.22. The number of aliphatic hydroxyl groups excluding tert-OH is 1. The number of alkyl halides is 1. The number of aliphatic hydroxyl groups is 1. The van der Waals surface area contributed by atoms with Crippen molar-refractivity contribution >= 4 is 22.6 Å². The van der Waals surface area contributed by atoms with Crippen LogP contribution in [0.3, 0.4) is 0 Å². The molecule has 3 atom stereocenters. The predicted molar refractivity (Wildman–Crippen MR) is 69.2 cm³/mol. The van der Waals surface area contributed by atoms with Gasteiger partial charge in [-0.2, -0.15) is 0 Å². The molecular weight excluding hydrogens is 339 g/mol. The van der Waals surface area contributed by atoms with Gasteiger partial charge >= 0.3 is 5.69 Å². The number of aromatic amines is 1. The molecule has 1 unspecified atom stereocenters. The first kappa shape index (κ1) is 12.8. The molecule has 0 aromatic carbocycles. The van der Waals surface area contributed by atoms with Crippen LogP contribution in [0.5, 0.6) is 0 Å². The average Bonchev–Trinajstić information content (AvgIpc) is 2.72. The molecule has 0 aliphatic carbocycles. The van der Waals surface area contributed by atoms with E-state index in [1.807, 2.05) is 22.6 Å². The van der Waals surface area contributed by atoms with Crippen molar-refractivity contribution < 1.29 is 9.84 Å². The number of aryl methyl sites for hydroxylation is 1. The lowest BCUT2D eigenvalue weighted by Crippen LogP contribution is -2.33. The van der Waals surface area contributed by atoms with Gasteiger partial charge in [0, 0.05) is 11.8 Å². The summed E-state index contributed by atoms with van der Waals surface area (Å²) in [5, 5.41) is 9.40. The van der Waals surface area contributed by atoms with Crippen molar-refractivity contribution in [3.8, 4) is 0 Å². The summed E-state index contributed by atoms with van der Waals surface area (Å²) < 4.78 is 6.35. The molecule has 1 aromatic heterocycles. The van der Waals surface area contributed by atoms with Gasteiger partial charge in [-0.3, -0.25) is 14.3 Å². The van der Waals surface area contributed by atoms with Gasteiger partial charge in [0.1, 0.15) is 10.3 Å². The minimum atomic E-state index is -0.586. The molecule has 1 aliphatic heterocycles. The molecule has 1 fully saturated rings. The lowest BCUT2D eigenvalue weighted by Gasteiger charge is -2.16. The van der Waals surface area contributed by atoms with Crippen LogP contribution in [0.2, 0.25) is 0 Å². The first-order valence-corrected chi connectivity index (χ1v) is 6.53. The van der Waals surface area contributed by atoms with Crippen LogP contribution in [-0.2, 0) is 4.74 Å². The number of nitrogens with one attached hydrogen (secondary N) is 1. The molecule has 0 amide bonds. The molecule has 1 saturated heterocycles. The highest BCUT2D eigenvalue weighted by atomic mass is 127. The molecule has 2 N–H and O–H groups in total. The summed E-state index contributed by atoms with van der Waals surface area (Å²) in [7, 11) is 0. The van der Waals surface area contributed by atoms with Gasteiger partial charge < -0.3 is 9.84 Å². The van der Waals surface area contributed by atoms with Crippen LogP contribution in [0, 0.1) is 6.92 Å². The molecule has 2 rings (SSSR count). The van der Waals surface area contributed by atoms with Crippen LogP contribution in [0.1, 0.15) is 24.6 Å². The van der Waals surface area contributed by atoms with E-state index in [4.69, 9.17) is 4.74 Å². The molecule has 17 heavy (non-hydrogen) atoms. The van der Waals surface area contributed by atoms with E-state index in [1.54, 1.807) is 6.92 Å². The number of rotatable bonds is 2. The molecule has 94 valence electrons. The van der Waals surface area contributed by atoms with Crippen molar-refractivity contribution in [1.82, 2.24) is 9.55 Å². The Hall–Kier alpha value is -0.670. The Morgan fingerprint density at radius 1 is 1.59 bits per heavy atom. The quantitative estimate of drug-likeness (QED) is 0.592. The third-order valence-electron chi connectivity index (χ3n) is 2.79. The van der Waals surface area contributed by atoms with Crippen molar-refractivity contribution in [2.75, 3.05) is 0 Å². The van der Waals surface area contributed by atoms with Gasteiger partial charge in [-0.25, -0.2) is 4.79 Å². The molecule has 0 bridgehead atoms. The normalized spacial score (nSPS) is 26.1. The van der Waals surface area contributed by atoms with Gasteiger partial charge in [-0.05, 0) is 42.4 Å². The minimum absolute atomic E-state index is 0.264. The van der Waals surface area contributed by atoms with Crippen LogP contribution >= 0.6 is 22.6 Å². The SMILES string of the molecule is Cc1cn([C@H]2CC[C@@H](C(O)I)O2)c(=O)[nH]c1=O. The second-order valence-corrected chi connectivity index (χ2v) is 5.33. The Balaban J connectivity index is 2.28. The highest BCUT2D eigenvalue weighted by molar-refractivity contribution is 14.1. The van der Waals surface area contributed by atoms with E-state index >= 15 is 0 Å². The largest absolute Gasteiger partial charge is 0.380 e. The lowest BCUT2D eigenvalue weighted by molar-refractivity contribution is -0.0301. The van der Waals surface area contributed by atoms with Crippen LogP contribution in [0.4, 0.5) is 0 Å². The van der Waals surface area contributed by atoms with Gasteiger partial charge in [0.2, 0.25) is 0 Å². The van der Waals surface area contributed by atoms with E-state index < -0.39 is 16.0 Å². The van der Waals surface area contributed by atoms with Crippen molar-refractivity contribution in [1.29, 1.82) is 0 Å². The monoisotopic (exact) mass is 352 g/mol. The number of hydrogen-bond donors (Lipinski definition) is 2. The number of H-pyrrole nitrogens is 1. The molecule has 2 heterocycles. The van der Waals surface area contributed by atoms with E-state index in [-0.39, 0.29) is 11.7 Å². The fourth-order valence-electron chi connectivity index (χ4n) is 1.85. The number of hydrogen-bond acceptors (Lipinski definition) is 4. The van der Waals surface area contributed by atoms with Crippen LogP contribution in [0.25, 0.3) is 0 Å². The van der Waals surface area contributed by atoms with Crippen molar-refractivity contribution in [2.24, 2.45) is 0 Å². The van der Waals surface area contributed by atoms with Gasteiger partial charge in [0.05, 0.1) is 6.10 Å². The maximum absolute atomic E-state index is 11.6. The third-order valence-corrected chi connectivity index (χ3v) is 3.60. The minimum Gasteiger partial charge on any atom is -0.380 e. The Morgan fingerprint density at radius 3 is 2.88 bits per heavy atom. The summed E-state index contributed by atoms with van der Waals surface area (Å²) in [5.74, 6) is 0. The van der Waals surface area contributed by atoms with E-state index in [9.17, 15) is 14.7 Å². The van der Waals surface area contributed by atoms with Crippen molar-refractivity contribution in [3.63, 3.8) is 0 Å². The molecular formula is C10H13IN2O4. The smallest absolute Gasteiger partial charge is 0.330 e. The zero-order valence-corrected chi connectivity index (χ0v) is 11.4. The fraction of sp³-hybridized carbons (Fsp3) is 0.600. The van der Waals surface area contributed by atoms with Gasteiger partial charge in [0.15, 0.2) is 0 Å². The van der Waals surface area contributed by atoms with E-state index in [1.165, 1.54) is 10.8 Å². The second-order valence-electron chi connectivity index (χ2n) is 4.06. The third kappa shape index (κ3) is 2.61. The fourth-order valence-corrected chi connectivity index (χ4v) is 2.38. The summed E-state index contributed by atoms with van der Waals surface area (Å²) in [6.45, 7) is 1.63. The van der Waals surface area contributed by atoms with Crippen LogP contribution < -0.4 is 11.2 Å². The predicted octanol–water partition coefficient (Wildman–Crippen LogP) is 0.276. The van der Waals surface area contributed by atoms with Crippen molar-refractivity contribution in [2.45, 2.75) is 36.2 Å². The van der Waals surface area contributed by atoms with E-state index in [0.29, 0.717) is 18.4 Å². The Labute approximate surface area is 111 Å². The van der Waals surface area contributed by atoms with Gasteiger partial charge in [-0.1, -0.05) is 0 Å². The molecule has 0 radical (unpaired) electrons. The number of halogens is 1. The standard InChI is InChI=1S/C10H13IN2O4/c1-5-4-13(10(16)12-9(5)15)7-3-2-6(17-7)8(11)14/h4,6-8,14H,2-3H2,1H3,(H,12,15,16)/t6-,7+,8?/m0/s1. The summed E-state index contributed by atoms with van der Waals surface area (Å²) in [6, 6.07) is 0. The maximum atomic E-state index is 11.6. The Kier molecular flexibility index (Phi) is 3.69. The summed E-state index contributed by atoms with van der Waals surface area (Å²) in [6.07, 6.45) is 2.16. The van der Waals surface area contributed by atoms with Crippen LogP contribution in [0.15, 0.2) is 15.8 Å². The molecule has 7 heteroatoms. The zero-order chi connectivity index (χ0) is 12.6. The first-order chi connectivity index (χ1) is 7.99. The summed E-state index contributed by atoms with van der Waals surface area (Å²) in [5.41, 5.74) is -0.393. The molecule has 6 nitrogen and oxygen atoms in total. The Bertz CT molecular complexity index is 522. The molecule has 1 aliphatic rings. The average molecular weight is 352 g/mol. The van der Waals surface area contributed by atoms with Crippen molar-refractivity contribution in [3.05, 3.63) is 32.6 Å². The maximum Gasteiger partial charge on any atom is 0.330 e. The first-order valence-electron chi connectivity index (χ1n) is 5.28. The molecule has 0 spiro atoms. The molecule has 1 aromatic rings. The second kappa shape index (κ2) is 4.91. The lowest BCUT2D eigenvalue weighted by atomic mass is 10.2. The topological polar surface area (TPSA) is 84.3 Å². The summed E-state index contributed by atoms with van der Waals surface area (Å²) >= 11 is 1.88. The van der Waals surface area contributed by atoms with Gasteiger partial charge in [-0.15, -0.1) is 0 Å². The van der Waals surface area contributed by atoms with Gasteiger partial charge in [0.25, 0.3) is 5.56 Å².